The highest BCUT2D eigenvalue weighted by Crippen LogP contribution is 2.31. The first-order valence-corrected chi connectivity index (χ1v) is 9.54. The second-order valence-electron chi connectivity index (χ2n) is 5.88. The Morgan fingerprint density at radius 1 is 1.29 bits per heavy atom. The highest BCUT2D eigenvalue weighted by molar-refractivity contribution is 5.72. The molecule has 6 heteroatoms. The molecule has 0 aliphatic carbocycles. The van der Waals surface area contributed by atoms with E-state index in [2.05, 4.69) is 12.6 Å². The molecular formula is C22H32F3NO2. The topological polar surface area (TPSA) is 50.1 Å². The molecule has 0 radical (unpaired) electrons. The Labute approximate surface area is 167 Å². The SMILES string of the molecule is C=C(CC(CCCC)C(=O)OCC)C(F)(F)F.CC.Cc1cccc(C#N)c1. The van der Waals surface area contributed by atoms with Gasteiger partial charge in [-0.15, -0.1) is 0 Å². The normalized spacial score (nSPS) is 11.0. The summed E-state index contributed by atoms with van der Waals surface area (Å²) in [5.74, 6) is -1.30. The molecule has 0 saturated carbocycles. The highest BCUT2D eigenvalue weighted by atomic mass is 19.4. The zero-order chi connectivity index (χ0) is 22.2. The van der Waals surface area contributed by atoms with Crippen LogP contribution in [0.1, 0.15) is 64.5 Å². The number of allylic oxidation sites excluding steroid dienone is 1. The van der Waals surface area contributed by atoms with Crippen molar-refractivity contribution in [3.63, 3.8) is 0 Å². The molecule has 1 unspecified atom stereocenters. The molecule has 0 aromatic heterocycles. The number of carbonyl (C=O) groups is 1. The lowest BCUT2D eigenvalue weighted by Gasteiger charge is -2.17. The molecule has 0 aliphatic heterocycles. The van der Waals surface area contributed by atoms with Crippen LogP contribution in [0.5, 0.6) is 0 Å². The van der Waals surface area contributed by atoms with Crippen LogP contribution >= 0.6 is 0 Å². The molecule has 1 aromatic carbocycles. The summed E-state index contributed by atoms with van der Waals surface area (Å²) in [6.45, 7) is 12.7. The van der Waals surface area contributed by atoms with Gasteiger partial charge in [0, 0.05) is 5.57 Å². The molecular weight excluding hydrogens is 367 g/mol. The third-order valence-corrected chi connectivity index (χ3v) is 3.57. The molecule has 0 saturated heterocycles. The lowest BCUT2D eigenvalue weighted by atomic mass is 9.94. The maximum absolute atomic E-state index is 12.3. The lowest BCUT2D eigenvalue weighted by Crippen LogP contribution is -2.22. The summed E-state index contributed by atoms with van der Waals surface area (Å²) in [6, 6.07) is 9.58. The molecule has 0 heterocycles. The van der Waals surface area contributed by atoms with Gasteiger partial charge in [-0.25, -0.2) is 0 Å². The van der Waals surface area contributed by atoms with E-state index >= 15 is 0 Å². The maximum atomic E-state index is 12.3. The largest absolute Gasteiger partial charge is 0.466 e. The zero-order valence-corrected chi connectivity index (χ0v) is 17.5. The second kappa shape index (κ2) is 15.7. The van der Waals surface area contributed by atoms with Crippen molar-refractivity contribution in [2.24, 2.45) is 5.92 Å². The average Bonchev–Trinajstić information content (AvgIpc) is 2.66. The van der Waals surface area contributed by atoms with Crippen molar-refractivity contribution in [1.29, 1.82) is 5.26 Å². The van der Waals surface area contributed by atoms with Crippen molar-refractivity contribution in [1.82, 2.24) is 0 Å². The fourth-order valence-corrected chi connectivity index (χ4v) is 2.14. The number of aryl methyl sites for hydroxylation is 1. The quantitative estimate of drug-likeness (QED) is 0.376. The van der Waals surface area contributed by atoms with Crippen molar-refractivity contribution in [3.8, 4) is 6.07 Å². The van der Waals surface area contributed by atoms with Gasteiger partial charge in [0.15, 0.2) is 0 Å². The van der Waals surface area contributed by atoms with E-state index in [1.165, 1.54) is 0 Å². The Kier molecular flexibility index (Phi) is 15.7. The van der Waals surface area contributed by atoms with Crippen LogP contribution in [0.2, 0.25) is 0 Å². The highest BCUT2D eigenvalue weighted by Gasteiger charge is 2.35. The second-order valence-corrected chi connectivity index (χ2v) is 5.88. The van der Waals surface area contributed by atoms with Gasteiger partial charge < -0.3 is 4.74 Å². The number of nitrogens with zero attached hydrogens (tertiary/aromatic N) is 1. The van der Waals surface area contributed by atoms with Gasteiger partial charge in [0.2, 0.25) is 0 Å². The Morgan fingerprint density at radius 2 is 1.89 bits per heavy atom. The number of ether oxygens (including phenoxy) is 1. The maximum Gasteiger partial charge on any atom is 0.412 e. The number of esters is 1. The van der Waals surface area contributed by atoms with Crippen molar-refractivity contribution in [2.45, 2.75) is 66.5 Å². The van der Waals surface area contributed by atoms with E-state index in [1.54, 1.807) is 13.0 Å². The van der Waals surface area contributed by atoms with Gasteiger partial charge in [0.25, 0.3) is 0 Å². The van der Waals surface area contributed by atoms with Crippen molar-refractivity contribution in [3.05, 3.63) is 47.5 Å². The summed E-state index contributed by atoms with van der Waals surface area (Å²) in [4.78, 5) is 11.5. The number of hydrogen-bond donors (Lipinski definition) is 0. The fourth-order valence-electron chi connectivity index (χ4n) is 2.14. The van der Waals surface area contributed by atoms with Crippen molar-refractivity contribution >= 4 is 5.97 Å². The van der Waals surface area contributed by atoms with Crippen molar-refractivity contribution in [2.75, 3.05) is 6.61 Å². The minimum absolute atomic E-state index is 0.181. The molecule has 0 spiro atoms. The first-order valence-electron chi connectivity index (χ1n) is 9.54. The molecule has 0 aliphatic rings. The van der Waals surface area contributed by atoms with Gasteiger partial charge in [-0.2, -0.15) is 18.4 Å². The monoisotopic (exact) mass is 399 g/mol. The number of nitriles is 1. The fraction of sp³-hybridized carbons (Fsp3) is 0.545. The summed E-state index contributed by atoms with van der Waals surface area (Å²) < 4.78 is 41.8. The number of unbranched alkanes of at least 4 members (excludes halogenated alkanes) is 1. The van der Waals surface area contributed by atoms with Crippen LogP contribution in [0.3, 0.4) is 0 Å². The van der Waals surface area contributed by atoms with Crippen molar-refractivity contribution < 1.29 is 22.7 Å². The minimum atomic E-state index is -4.43. The van der Waals surface area contributed by atoms with E-state index in [0.29, 0.717) is 12.8 Å². The molecule has 158 valence electrons. The van der Waals surface area contributed by atoms with Crippen LogP contribution in [-0.4, -0.2) is 18.8 Å². The smallest absolute Gasteiger partial charge is 0.412 e. The Morgan fingerprint density at radius 3 is 2.29 bits per heavy atom. The first kappa shape index (κ1) is 27.9. The molecule has 1 atom stereocenters. The van der Waals surface area contributed by atoms with E-state index < -0.39 is 23.6 Å². The molecule has 0 N–H and O–H groups in total. The van der Waals surface area contributed by atoms with Crippen LogP contribution in [0.25, 0.3) is 0 Å². The van der Waals surface area contributed by atoms with Gasteiger partial charge in [0.05, 0.1) is 24.2 Å². The van der Waals surface area contributed by atoms with E-state index in [-0.39, 0.29) is 13.0 Å². The Balaban J connectivity index is 0. The standard InChI is InChI=1S/C12H19F3O2.C8H7N.C2H6/c1-4-6-7-10(11(16)17-5-2)8-9(3)12(13,14)15;1-7-3-2-4-8(5-7)6-9;1-2/h10H,3-8H2,1-2H3;2-5H,1H3;1-2H3. The van der Waals surface area contributed by atoms with Gasteiger partial charge in [-0.05, 0) is 44.4 Å². The summed E-state index contributed by atoms with van der Waals surface area (Å²) in [5.41, 5.74) is 0.996. The summed E-state index contributed by atoms with van der Waals surface area (Å²) in [7, 11) is 0. The van der Waals surface area contributed by atoms with E-state index in [9.17, 15) is 18.0 Å². The van der Waals surface area contributed by atoms with Crippen LogP contribution in [0, 0.1) is 24.2 Å². The predicted molar refractivity (Wildman–Crippen MR) is 107 cm³/mol. The molecule has 28 heavy (non-hydrogen) atoms. The van der Waals surface area contributed by atoms with E-state index in [1.807, 2.05) is 45.9 Å². The number of halogens is 3. The Hall–Kier alpha value is -2.29. The number of rotatable bonds is 7. The van der Waals surface area contributed by atoms with Gasteiger partial charge in [-0.3, -0.25) is 4.79 Å². The third kappa shape index (κ3) is 13.0. The van der Waals surface area contributed by atoms with Crippen LogP contribution < -0.4 is 0 Å². The number of alkyl halides is 3. The Bertz CT molecular complexity index is 619. The third-order valence-electron chi connectivity index (χ3n) is 3.57. The number of hydrogen-bond acceptors (Lipinski definition) is 3. The van der Waals surface area contributed by atoms with Crippen LogP contribution in [0.4, 0.5) is 13.2 Å². The van der Waals surface area contributed by atoms with Gasteiger partial charge in [0.1, 0.15) is 0 Å². The molecule has 1 aromatic rings. The summed E-state index contributed by atoms with van der Waals surface area (Å²) >= 11 is 0. The molecule has 1 rings (SSSR count). The van der Waals surface area contributed by atoms with E-state index in [0.717, 1.165) is 17.5 Å². The molecule has 0 bridgehead atoms. The molecule has 0 amide bonds. The first-order chi connectivity index (χ1) is 13.1. The lowest BCUT2D eigenvalue weighted by molar-refractivity contribution is -0.149. The average molecular weight is 399 g/mol. The van der Waals surface area contributed by atoms with Crippen LogP contribution in [0.15, 0.2) is 36.4 Å². The van der Waals surface area contributed by atoms with E-state index in [4.69, 9.17) is 10.00 Å². The number of carbonyl (C=O) groups excluding carboxylic acids is 1. The zero-order valence-electron chi connectivity index (χ0n) is 17.5. The number of benzene rings is 1. The minimum Gasteiger partial charge on any atom is -0.466 e. The predicted octanol–water partition coefficient (Wildman–Crippen LogP) is 6.76. The summed E-state index contributed by atoms with van der Waals surface area (Å²) in [6.07, 6.45) is -2.87. The summed E-state index contributed by atoms with van der Waals surface area (Å²) in [5, 5.41) is 8.41. The molecule has 3 nitrogen and oxygen atoms in total. The molecule has 0 fully saturated rings. The van der Waals surface area contributed by atoms with Crippen LogP contribution in [-0.2, 0) is 9.53 Å². The van der Waals surface area contributed by atoms with Gasteiger partial charge >= 0.3 is 12.1 Å². The van der Waals surface area contributed by atoms with Gasteiger partial charge in [-0.1, -0.05) is 52.3 Å².